The van der Waals surface area contributed by atoms with Crippen LogP contribution in [0.25, 0.3) is 5.69 Å². The lowest BCUT2D eigenvalue weighted by Crippen LogP contribution is -2.53. The quantitative estimate of drug-likeness (QED) is 0.735. The Hall–Kier alpha value is -2.48. The lowest BCUT2D eigenvalue weighted by atomic mass is 9.97. The van der Waals surface area contributed by atoms with Gasteiger partial charge in [0.1, 0.15) is 0 Å². The zero-order chi connectivity index (χ0) is 16.4. The van der Waals surface area contributed by atoms with Crippen molar-refractivity contribution in [2.75, 3.05) is 0 Å². The van der Waals surface area contributed by atoms with Gasteiger partial charge in [-0.2, -0.15) is 4.68 Å². The second-order valence-electron chi connectivity index (χ2n) is 6.06. The van der Waals surface area contributed by atoms with Crippen molar-refractivity contribution in [1.29, 1.82) is 0 Å². The lowest BCUT2D eigenvalue weighted by molar-refractivity contribution is 0.225. The molecule has 4 N–H and O–H groups in total. The fraction of sp³-hybridized carbons (Fsp3) is 0.467. The molecule has 8 nitrogen and oxygen atoms in total. The first-order valence-corrected chi connectivity index (χ1v) is 7.71. The number of primary amides is 1. The Bertz CT molecular complexity index is 698. The monoisotopic (exact) mass is 315 g/mol. The number of aromatic nitrogens is 4. The first-order chi connectivity index (χ1) is 11.0. The van der Waals surface area contributed by atoms with Crippen LogP contribution in [-0.2, 0) is 5.54 Å². The predicted molar refractivity (Wildman–Crippen MR) is 84.6 cm³/mol. The number of aryl methyl sites for hydroxylation is 2. The van der Waals surface area contributed by atoms with Crippen molar-refractivity contribution in [3.63, 3.8) is 0 Å². The van der Waals surface area contributed by atoms with E-state index >= 15 is 0 Å². The minimum absolute atomic E-state index is 0.507. The van der Waals surface area contributed by atoms with Crippen LogP contribution in [0.5, 0.6) is 0 Å². The summed E-state index contributed by atoms with van der Waals surface area (Å²) in [4.78, 5) is 11.1. The molecule has 1 heterocycles. The number of hydrazine groups is 1. The fourth-order valence-corrected chi connectivity index (χ4v) is 3.34. The third-order valence-electron chi connectivity index (χ3n) is 4.43. The Balaban J connectivity index is 2.07. The molecule has 3 rings (SSSR count). The van der Waals surface area contributed by atoms with Crippen LogP contribution in [0.2, 0.25) is 0 Å². The molecular weight excluding hydrogens is 294 g/mol. The highest BCUT2D eigenvalue weighted by atomic mass is 16.2. The number of urea groups is 1. The average molecular weight is 315 g/mol. The standard InChI is InChI=1S/C15H21N7O/c1-10-6-5-7-11(2)12(10)22-13(17-20-21-22)15(8-3-4-9-15)19-18-14(16)23/h5-7,19H,3-4,8-9H2,1-2H3,(H3,16,18,23). The summed E-state index contributed by atoms with van der Waals surface area (Å²) in [7, 11) is 0. The van der Waals surface area contributed by atoms with Crippen molar-refractivity contribution in [3.05, 3.63) is 35.2 Å². The molecule has 0 atom stereocenters. The fourth-order valence-electron chi connectivity index (χ4n) is 3.34. The SMILES string of the molecule is Cc1cccc(C)c1-n1nnnc1C1(NNC(N)=O)CCCC1. The molecule has 1 aromatic carbocycles. The minimum atomic E-state index is -0.623. The van der Waals surface area contributed by atoms with Crippen molar-refractivity contribution in [2.45, 2.75) is 45.1 Å². The zero-order valence-corrected chi connectivity index (χ0v) is 13.3. The topological polar surface area (TPSA) is 111 Å². The number of carbonyl (C=O) groups excluding carboxylic acids is 1. The predicted octanol–water partition coefficient (Wildman–Crippen LogP) is 1.22. The minimum Gasteiger partial charge on any atom is -0.351 e. The van der Waals surface area contributed by atoms with Crippen LogP contribution >= 0.6 is 0 Å². The van der Waals surface area contributed by atoms with E-state index in [0.29, 0.717) is 5.82 Å². The van der Waals surface area contributed by atoms with Crippen LogP contribution < -0.4 is 16.6 Å². The van der Waals surface area contributed by atoms with Crippen LogP contribution in [0.4, 0.5) is 4.79 Å². The third-order valence-corrected chi connectivity index (χ3v) is 4.43. The van der Waals surface area contributed by atoms with E-state index in [9.17, 15) is 4.79 Å². The van der Waals surface area contributed by atoms with E-state index in [1.165, 1.54) is 0 Å². The van der Waals surface area contributed by atoms with Crippen molar-refractivity contribution < 1.29 is 4.79 Å². The first-order valence-electron chi connectivity index (χ1n) is 7.71. The second kappa shape index (κ2) is 5.96. The number of nitrogens with two attached hydrogens (primary N) is 1. The molecule has 0 aliphatic heterocycles. The summed E-state index contributed by atoms with van der Waals surface area (Å²) in [6.45, 7) is 4.06. The Morgan fingerprint density at radius 2 is 1.91 bits per heavy atom. The maximum atomic E-state index is 11.1. The smallest absolute Gasteiger partial charge is 0.326 e. The molecule has 8 heteroatoms. The van der Waals surface area contributed by atoms with E-state index in [1.807, 2.05) is 32.0 Å². The molecule has 1 aromatic heterocycles. The van der Waals surface area contributed by atoms with Gasteiger partial charge in [0.15, 0.2) is 5.82 Å². The normalized spacial score (nSPS) is 16.4. The highest BCUT2D eigenvalue weighted by Gasteiger charge is 2.41. The number of rotatable bonds is 4. The van der Waals surface area contributed by atoms with Crippen molar-refractivity contribution >= 4 is 6.03 Å². The zero-order valence-electron chi connectivity index (χ0n) is 13.3. The molecule has 2 amide bonds. The molecule has 1 saturated carbocycles. The second-order valence-corrected chi connectivity index (χ2v) is 6.06. The van der Waals surface area contributed by atoms with Gasteiger partial charge in [-0.15, -0.1) is 5.10 Å². The Morgan fingerprint density at radius 1 is 1.26 bits per heavy atom. The molecule has 1 aliphatic rings. The van der Waals surface area contributed by atoms with E-state index in [4.69, 9.17) is 5.73 Å². The lowest BCUT2D eigenvalue weighted by Gasteiger charge is -2.29. The van der Waals surface area contributed by atoms with E-state index in [1.54, 1.807) is 4.68 Å². The van der Waals surface area contributed by atoms with Gasteiger partial charge >= 0.3 is 6.03 Å². The highest BCUT2D eigenvalue weighted by Crippen LogP contribution is 2.38. The molecule has 0 bridgehead atoms. The van der Waals surface area contributed by atoms with Crippen molar-refractivity contribution in [1.82, 2.24) is 31.1 Å². The number of nitrogens with one attached hydrogen (secondary N) is 2. The molecular formula is C15H21N7O. The van der Waals surface area contributed by atoms with Gasteiger partial charge in [0.25, 0.3) is 0 Å². The number of carbonyl (C=O) groups is 1. The number of benzene rings is 1. The van der Waals surface area contributed by atoms with Crippen LogP contribution in [0.3, 0.4) is 0 Å². The molecule has 122 valence electrons. The summed E-state index contributed by atoms with van der Waals surface area (Å²) < 4.78 is 1.77. The third kappa shape index (κ3) is 2.77. The molecule has 23 heavy (non-hydrogen) atoms. The summed E-state index contributed by atoms with van der Waals surface area (Å²) in [5.41, 5.74) is 13.4. The largest absolute Gasteiger partial charge is 0.351 e. The number of nitrogens with zero attached hydrogens (tertiary/aromatic N) is 4. The maximum Gasteiger partial charge on any atom is 0.326 e. The van der Waals surface area contributed by atoms with E-state index in [2.05, 4.69) is 26.4 Å². The van der Waals surface area contributed by atoms with E-state index in [-0.39, 0.29) is 0 Å². The Kier molecular flexibility index (Phi) is 3.99. The van der Waals surface area contributed by atoms with Crippen LogP contribution in [-0.4, -0.2) is 26.2 Å². The van der Waals surface area contributed by atoms with Gasteiger partial charge in [0.2, 0.25) is 0 Å². The summed E-state index contributed by atoms with van der Waals surface area (Å²) in [5, 5.41) is 12.3. The van der Waals surface area contributed by atoms with Gasteiger partial charge in [-0.05, 0) is 48.2 Å². The molecule has 0 radical (unpaired) electrons. The van der Waals surface area contributed by atoms with Crippen LogP contribution in [0.1, 0.15) is 42.6 Å². The van der Waals surface area contributed by atoms with Crippen LogP contribution in [0, 0.1) is 13.8 Å². The summed E-state index contributed by atoms with van der Waals surface area (Å²) in [6.07, 6.45) is 3.73. The average Bonchev–Trinajstić information content (AvgIpc) is 3.14. The van der Waals surface area contributed by atoms with Crippen LogP contribution in [0.15, 0.2) is 18.2 Å². The number of hydrogen-bond acceptors (Lipinski definition) is 5. The number of tetrazole rings is 1. The molecule has 0 saturated heterocycles. The highest BCUT2D eigenvalue weighted by molar-refractivity contribution is 5.71. The first kappa shape index (κ1) is 15.4. The molecule has 1 aliphatic carbocycles. The Morgan fingerprint density at radius 3 is 2.52 bits per heavy atom. The van der Waals surface area contributed by atoms with Gasteiger partial charge in [-0.1, -0.05) is 31.0 Å². The summed E-state index contributed by atoms with van der Waals surface area (Å²) >= 11 is 0. The van der Waals surface area contributed by atoms with Gasteiger partial charge in [0, 0.05) is 0 Å². The summed E-state index contributed by atoms with van der Waals surface area (Å²) in [5.74, 6) is 0.696. The molecule has 0 spiro atoms. The molecule has 0 unspecified atom stereocenters. The van der Waals surface area contributed by atoms with Crippen molar-refractivity contribution in [3.8, 4) is 5.69 Å². The summed E-state index contributed by atoms with van der Waals surface area (Å²) in [6, 6.07) is 5.45. The Labute approximate surface area is 134 Å². The van der Waals surface area contributed by atoms with Gasteiger partial charge < -0.3 is 5.73 Å². The van der Waals surface area contributed by atoms with E-state index < -0.39 is 11.6 Å². The van der Waals surface area contributed by atoms with Gasteiger partial charge in [-0.25, -0.2) is 10.2 Å². The number of amides is 2. The number of para-hydroxylation sites is 1. The maximum absolute atomic E-state index is 11.1. The molecule has 2 aromatic rings. The van der Waals surface area contributed by atoms with E-state index in [0.717, 1.165) is 42.5 Å². The number of hydrogen-bond donors (Lipinski definition) is 3. The van der Waals surface area contributed by atoms with Crippen molar-refractivity contribution in [2.24, 2.45) is 5.73 Å². The molecule has 1 fully saturated rings. The van der Waals surface area contributed by atoms with Gasteiger partial charge in [0.05, 0.1) is 11.2 Å². The van der Waals surface area contributed by atoms with Gasteiger partial charge in [-0.3, -0.25) is 5.43 Å².